The lowest BCUT2D eigenvalue weighted by atomic mass is 9.85. The van der Waals surface area contributed by atoms with E-state index in [0.29, 0.717) is 22.7 Å². The summed E-state index contributed by atoms with van der Waals surface area (Å²) in [5.41, 5.74) is 6.14. The molecule has 0 bridgehead atoms. The van der Waals surface area contributed by atoms with Crippen molar-refractivity contribution in [2.24, 2.45) is 5.92 Å². The number of nitrogens with one attached hydrogen (secondary N) is 3. The number of rotatable bonds is 5. The third-order valence-corrected chi connectivity index (χ3v) is 7.59. The van der Waals surface area contributed by atoms with Crippen molar-refractivity contribution in [1.29, 1.82) is 0 Å². The summed E-state index contributed by atoms with van der Waals surface area (Å²) < 4.78 is 0. The minimum atomic E-state index is 0.0612. The SMILES string of the molecule is CN1CCN(c2nccc3[nH]c(-c4n[nH]c5ccc(-c6cncc(NC(=O)C7CCC7)c6)nc45)nc23)CC1. The molecule has 0 atom stereocenters. The van der Waals surface area contributed by atoms with Gasteiger partial charge < -0.3 is 20.1 Å². The molecule has 0 spiro atoms. The van der Waals surface area contributed by atoms with Gasteiger partial charge in [0.15, 0.2) is 17.3 Å². The maximum Gasteiger partial charge on any atom is 0.227 e. The summed E-state index contributed by atoms with van der Waals surface area (Å²) in [7, 11) is 2.14. The zero-order valence-corrected chi connectivity index (χ0v) is 21.1. The van der Waals surface area contributed by atoms with Crippen molar-refractivity contribution in [3.05, 3.63) is 42.9 Å². The Morgan fingerprint density at radius 2 is 1.89 bits per heavy atom. The minimum Gasteiger partial charge on any atom is -0.352 e. The molecule has 1 aliphatic carbocycles. The number of fused-ring (bicyclic) bond motifs is 2. The predicted octanol–water partition coefficient (Wildman–Crippen LogP) is 3.45. The number of piperazine rings is 1. The third kappa shape index (κ3) is 4.04. The quantitative estimate of drug-likeness (QED) is 0.329. The molecule has 1 saturated carbocycles. The number of nitrogens with zero attached hydrogens (tertiary/aromatic N) is 7. The first-order chi connectivity index (χ1) is 18.6. The smallest absolute Gasteiger partial charge is 0.227 e. The van der Waals surface area contributed by atoms with E-state index in [1.54, 1.807) is 12.4 Å². The van der Waals surface area contributed by atoms with Crippen LogP contribution in [-0.2, 0) is 4.79 Å². The molecule has 1 saturated heterocycles. The number of pyridine rings is 3. The van der Waals surface area contributed by atoms with Crippen LogP contribution < -0.4 is 10.2 Å². The van der Waals surface area contributed by atoms with E-state index in [2.05, 4.69) is 47.3 Å². The summed E-state index contributed by atoms with van der Waals surface area (Å²) in [6, 6.07) is 7.72. The highest BCUT2D eigenvalue weighted by atomic mass is 16.1. The van der Waals surface area contributed by atoms with Crippen LogP contribution >= 0.6 is 0 Å². The Morgan fingerprint density at radius 1 is 1.03 bits per heavy atom. The second-order valence-electron chi connectivity index (χ2n) is 10.2. The van der Waals surface area contributed by atoms with Crippen LogP contribution in [0.3, 0.4) is 0 Å². The van der Waals surface area contributed by atoms with Crippen molar-refractivity contribution in [3.8, 4) is 22.8 Å². The molecular weight excluding hydrogens is 480 g/mol. The molecule has 5 aromatic rings. The number of carbonyl (C=O) groups excluding carboxylic acids is 1. The van der Waals surface area contributed by atoms with Crippen LogP contribution in [0.4, 0.5) is 11.5 Å². The Hall–Kier alpha value is -4.38. The molecule has 0 aromatic carbocycles. The van der Waals surface area contributed by atoms with Crippen molar-refractivity contribution in [1.82, 2.24) is 40.0 Å². The Kier molecular flexibility index (Phi) is 5.50. The first-order valence-electron chi connectivity index (χ1n) is 13.0. The first-order valence-corrected chi connectivity index (χ1v) is 13.0. The molecule has 5 aromatic heterocycles. The number of hydrogen-bond acceptors (Lipinski definition) is 8. The van der Waals surface area contributed by atoms with Crippen LogP contribution in [0.15, 0.2) is 42.9 Å². The van der Waals surface area contributed by atoms with E-state index in [4.69, 9.17) is 9.97 Å². The van der Waals surface area contributed by atoms with E-state index in [-0.39, 0.29) is 11.8 Å². The van der Waals surface area contributed by atoms with Gasteiger partial charge in [-0.05, 0) is 44.2 Å². The van der Waals surface area contributed by atoms with Crippen LogP contribution in [0, 0.1) is 5.92 Å². The molecule has 7 rings (SSSR count). The van der Waals surface area contributed by atoms with Gasteiger partial charge in [-0.15, -0.1) is 0 Å². The van der Waals surface area contributed by atoms with Crippen molar-refractivity contribution in [3.63, 3.8) is 0 Å². The van der Waals surface area contributed by atoms with Gasteiger partial charge in [-0.2, -0.15) is 5.10 Å². The molecule has 11 heteroatoms. The summed E-state index contributed by atoms with van der Waals surface area (Å²) in [4.78, 5) is 39.3. The molecule has 2 fully saturated rings. The van der Waals surface area contributed by atoms with Crippen molar-refractivity contribution in [2.75, 3.05) is 43.4 Å². The van der Waals surface area contributed by atoms with Gasteiger partial charge in [-0.1, -0.05) is 6.42 Å². The number of likely N-dealkylation sites (N-methyl/N-ethyl adjacent to an activating group) is 1. The summed E-state index contributed by atoms with van der Waals surface area (Å²) >= 11 is 0. The van der Waals surface area contributed by atoms with Crippen molar-refractivity contribution < 1.29 is 4.79 Å². The lowest BCUT2D eigenvalue weighted by Crippen LogP contribution is -2.44. The Balaban J connectivity index is 1.22. The molecule has 1 aliphatic heterocycles. The number of aromatic nitrogens is 7. The van der Waals surface area contributed by atoms with E-state index in [1.165, 1.54) is 0 Å². The lowest BCUT2D eigenvalue weighted by Gasteiger charge is -2.33. The van der Waals surface area contributed by atoms with E-state index in [9.17, 15) is 4.79 Å². The maximum atomic E-state index is 12.4. The normalized spacial score (nSPS) is 16.7. The molecular formula is C27H28N10O. The second-order valence-corrected chi connectivity index (χ2v) is 10.2. The summed E-state index contributed by atoms with van der Waals surface area (Å²) in [6.45, 7) is 3.81. The summed E-state index contributed by atoms with van der Waals surface area (Å²) in [5.74, 6) is 1.70. The molecule has 11 nitrogen and oxygen atoms in total. The van der Waals surface area contributed by atoms with Gasteiger partial charge in [-0.25, -0.2) is 15.0 Å². The van der Waals surface area contributed by atoms with Gasteiger partial charge in [0, 0.05) is 50.1 Å². The number of imidazole rings is 1. The molecule has 0 radical (unpaired) electrons. The average Bonchev–Trinajstić information content (AvgIpc) is 3.52. The molecule has 6 heterocycles. The second kappa shape index (κ2) is 9.18. The average molecular weight is 509 g/mol. The standard InChI is InChI=1S/C27H28N10O/c1-36-9-11-37(12-10-36)26-23-20(7-8-29-26)32-25(33-23)24-22-21(34-35-24)6-5-19(31-22)17-13-18(15-28-14-17)30-27(38)16-3-2-4-16/h5-8,13-16H,2-4,9-12H2,1H3,(H,30,38)(H,32,33)(H,34,35). The monoisotopic (exact) mass is 508 g/mol. The van der Waals surface area contributed by atoms with Crippen molar-refractivity contribution >= 4 is 39.5 Å². The first kappa shape index (κ1) is 22.8. The Bertz CT molecular complexity index is 1640. The maximum absolute atomic E-state index is 12.4. The molecule has 192 valence electrons. The molecule has 38 heavy (non-hydrogen) atoms. The fourth-order valence-electron chi connectivity index (χ4n) is 5.07. The third-order valence-electron chi connectivity index (χ3n) is 7.59. The fourth-order valence-corrected chi connectivity index (χ4v) is 5.07. The van der Waals surface area contributed by atoms with E-state index in [1.807, 2.05) is 30.5 Å². The van der Waals surface area contributed by atoms with Crippen LogP contribution in [0.25, 0.3) is 44.8 Å². The van der Waals surface area contributed by atoms with Crippen LogP contribution in [-0.4, -0.2) is 79.2 Å². The molecule has 3 N–H and O–H groups in total. The van der Waals surface area contributed by atoms with Crippen LogP contribution in [0.2, 0.25) is 0 Å². The molecule has 2 aliphatic rings. The molecule has 1 amide bonds. The number of aromatic amines is 2. The Labute approximate surface area is 218 Å². The van der Waals surface area contributed by atoms with Gasteiger partial charge in [0.1, 0.15) is 11.0 Å². The number of H-pyrrole nitrogens is 2. The van der Waals surface area contributed by atoms with Crippen LogP contribution in [0.1, 0.15) is 19.3 Å². The van der Waals surface area contributed by atoms with Gasteiger partial charge in [0.2, 0.25) is 5.91 Å². The van der Waals surface area contributed by atoms with Gasteiger partial charge in [0.25, 0.3) is 0 Å². The number of amides is 1. The van der Waals surface area contributed by atoms with Gasteiger partial charge >= 0.3 is 0 Å². The highest BCUT2D eigenvalue weighted by Gasteiger charge is 2.25. The van der Waals surface area contributed by atoms with E-state index >= 15 is 0 Å². The van der Waals surface area contributed by atoms with Crippen LogP contribution in [0.5, 0.6) is 0 Å². The Morgan fingerprint density at radius 3 is 2.71 bits per heavy atom. The van der Waals surface area contributed by atoms with E-state index < -0.39 is 0 Å². The number of hydrogen-bond donors (Lipinski definition) is 3. The highest BCUT2D eigenvalue weighted by molar-refractivity contribution is 5.95. The molecule has 0 unspecified atom stereocenters. The van der Waals surface area contributed by atoms with Crippen molar-refractivity contribution in [2.45, 2.75) is 19.3 Å². The van der Waals surface area contributed by atoms with Gasteiger partial charge in [0.05, 0.1) is 28.6 Å². The lowest BCUT2D eigenvalue weighted by molar-refractivity contribution is -0.122. The fraction of sp³-hybridized carbons (Fsp3) is 0.333. The zero-order valence-electron chi connectivity index (χ0n) is 21.1. The highest BCUT2D eigenvalue weighted by Crippen LogP contribution is 2.31. The topological polar surface area (TPSA) is 132 Å². The number of anilines is 2. The minimum absolute atomic E-state index is 0.0612. The summed E-state index contributed by atoms with van der Waals surface area (Å²) in [5, 5.41) is 10.6. The number of carbonyl (C=O) groups is 1. The van der Waals surface area contributed by atoms with Gasteiger partial charge in [-0.3, -0.25) is 14.9 Å². The van der Waals surface area contributed by atoms with E-state index in [0.717, 1.165) is 79.1 Å². The predicted molar refractivity (Wildman–Crippen MR) is 146 cm³/mol. The largest absolute Gasteiger partial charge is 0.352 e. The zero-order chi connectivity index (χ0) is 25.6. The summed E-state index contributed by atoms with van der Waals surface area (Å²) in [6.07, 6.45) is 8.27.